The van der Waals surface area contributed by atoms with Crippen LogP contribution in [0.2, 0.25) is 0 Å². The second-order valence-corrected chi connectivity index (χ2v) is 12.8. The minimum atomic E-state index is -1.23. The molecule has 6 rings (SSSR count). The van der Waals surface area contributed by atoms with E-state index in [-0.39, 0.29) is 42.7 Å². The Balaban J connectivity index is 1.26. The van der Waals surface area contributed by atoms with Crippen molar-refractivity contribution in [1.82, 2.24) is 25.3 Å². The van der Waals surface area contributed by atoms with Crippen LogP contribution in [0, 0.1) is 22.7 Å². The number of rotatable bonds is 6. The maximum absolute atomic E-state index is 16.1. The number of nitrogens with zero attached hydrogens (tertiary/aromatic N) is 4. The number of piperazine rings is 1. The normalized spacial score (nSPS) is 37.2. The van der Waals surface area contributed by atoms with Crippen LogP contribution >= 0.6 is 0 Å². The SMILES string of the molecule is C=CC(=O)N1CCN(C2NC(OCC3CCCN3C)NC3C(=O)C4(CCC32)Cc2ccccc2CC4F)CC1CC#N. The Kier molecular flexibility index (Phi) is 8.49. The molecular weight excluding hydrogens is 535 g/mol. The molecule has 1 amide bonds. The summed E-state index contributed by atoms with van der Waals surface area (Å²) in [5.74, 6) is -0.312. The molecule has 0 aromatic heterocycles. The van der Waals surface area contributed by atoms with Crippen molar-refractivity contribution >= 4 is 11.7 Å². The predicted octanol–water partition coefficient (Wildman–Crippen LogP) is 1.98. The summed E-state index contributed by atoms with van der Waals surface area (Å²) >= 11 is 0. The van der Waals surface area contributed by atoms with Crippen LogP contribution in [0.5, 0.6) is 0 Å². The molecule has 1 saturated carbocycles. The molecule has 9 nitrogen and oxygen atoms in total. The van der Waals surface area contributed by atoms with Crippen molar-refractivity contribution in [3.63, 3.8) is 0 Å². The summed E-state index contributed by atoms with van der Waals surface area (Å²) in [6.07, 6.45) is 3.61. The number of hydrogen-bond acceptors (Lipinski definition) is 8. The quantitative estimate of drug-likeness (QED) is 0.495. The predicted molar refractivity (Wildman–Crippen MR) is 156 cm³/mol. The van der Waals surface area contributed by atoms with E-state index in [4.69, 9.17) is 4.74 Å². The van der Waals surface area contributed by atoms with E-state index in [0.717, 1.165) is 30.5 Å². The summed E-state index contributed by atoms with van der Waals surface area (Å²) in [7, 11) is 2.11. The summed E-state index contributed by atoms with van der Waals surface area (Å²) in [5.41, 5.74) is 1.03. The second-order valence-electron chi connectivity index (χ2n) is 12.8. The fraction of sp³-hybridized carbons (Fsp3) is 0.656. The Labute approximate surface area is 248 Å². The molecule has 8 unspecified atom stereocenters. The first kappa shape index (κ1) is 29.4. The van der Waals surface area contributed by atoms with E-state index in [0.29, 0.717) is 51.5 Å². The first-order valence-corrected chi connectivity index (χ1v) is 15.5. The zero-order valence-corrected chi connectivity index (χ0v) is 24.5. The lowest BCUT2D eigenvalue weighted by molar-refractivity contribution is -0.158. The van der Waals surface area contributed by atoms with Crippen LogP contribution in [0.15, 0.2) is 36.9 Å². The highest BCUT2D eigenvalue weighted by molar-refractivity contribution is 5.92. The van der Waals surface area contributed by atoms with Crippen molar-refractivity contribution in [2.45, 2.75) is 81.8 Å². The van der Waals surface area contributed by atoms with Crippen molar-refractivity contribution in [3.8, 4) is 6.07 Å². The van der Waals surface area contributed by atoms with Gasteiger partial charge < -0.3 is 14.5 Å². The fourth-order valence-corrected chi connectivity index (χ4v) is 8.19. The monoisotopic (exact) mass is 578 g/mol. The molecule has 3 heterocycles. The minimum Gasteiger partial charge on any atom is -0.348 e. The van der Waals surface area contributed by atoms with Crippen LogP contribution in [0.25, 0.3) is 0 Å². The Morgan fingerprint density at radius 1 is 1.21 bits per heavy atom. The van der Waals surface area contributed by atoms with Crippen LogP contribution in [0.4, 0.5) is 4.39 Å². The van der Waals surface area contributed by atoms with E-state index in [1.165, 1.54) is 6.08 Å². The Bertz CT molecular complexity index is 1240. The molecular formula is C32H43FN6O3. The van der Waals surface area contributed by atoms with Gasteiger partial charge in [-0.25, -0.2) is 4.39 Å². The number of nitriles is 1. The molecule has 1 spiro atoms. The molecule has 3 aliphatic heterocycles. The molecule has 1 aromatic carbocycles. The van der Waals surface area contributed by atoms with Gasteiger partial charge >= 0.3 is 0 Å². The molecule has 2 aliphatic carbocycles. The van der Waals surface area contributed by atoms with Crippen LogP contribution in [-0.2, 0) is 27.2 Å². The first-order valence-electron chi connectivity index (χ1n) is 15.5. The maximum Gasteiger partial charge on any atom is 0.246 e. The van der Waals surface area contributed by atoms with Crippen LogP contribution in [0.1, 0.15) is 43.2 Å². The van der Waals surface area contributed by atoms with E-state index >= 15 is 4.39 Å². The zero-order valence-electron chi connectivity index (χ0n) is 24.5. The maximum atomic E-state index is 16.1. The number of fused-ring (bicyclic) bond motifs is 2. The molecule has 10 heteroatoms. The number of amides is 1. The number of benzene rings is 1. The van der Waals surface area contributed by atoms with Gasteiger partial charge in [0.25, 0.3) is 0 Å². The highest BCUT2D eigenvalue weighted by Gasteiger charge is 2.58. The molecule has 8 atom stereocenters. The van der Waals surface area contributed by atoms with Crippen LogP contribution < -0.4 is 10.6 Å². The topological polar surface area (TPSA) is 101 Å². The van der Waals surface area contributed by atoms with Gasteiger partial charge in [-0.3, -0.25) is 25.1 Å². The summed E-state index contributed by atoms with van der Waals surface area (Å²) < 4.78 is 22.5. The number of ether oxygens (including phenoxy) is 1. The summed E-state index contributed by atoms with van der Waals surface area (Å²) in [5, 5.41) is 16.6. The average Bonchev–Trinajstić information content (AvgIpc) is 3.42. The zero-order chi connectivity index (χ0) is 29.4. The van der Waals surface area contributed by atoms with Crippen molar-refractivity contribution < 1.29 is 18.7 Å². The molecule has 0 bridgehead atoms. The number of likely N-dealkylation sites (N-methyl/N-ethyl adjacent to an activating group) is 1. The van der Waals surface area contributed by atoms with Gasteiger partial charge in [0, 0.05) is 38.0 Å². The summed E-state index contributed by atoms with van der Waals surface area (Å²) in [4.78, 5) is 33.3. The van der Waals surface area contributed by atoms with Gasteiger partial charge in [-0.05, 0) is 62.9 Å². The molecule has 2 N–H and O–H groups in total. The number of halogens is 1. The molecule has 5 aliphatic rings. The van der Waals surface area contributed by atoms with E-state index in [9.17, 15) is 14.9 Å². The number of ketones is 1. The number of nitrogens with one attached hydrogen (secondary N) is 2. The second kappa shape index (κ2) is 12.1. The van der Waals surface area contributed by atoms with Crippen molar-refractivity contribution in [3.05, 3.63) is 48.0 Å². The number of alkyl halides is 1. The number of carbonyl (C=O) groups is 2. The molecule has 42 heavy (non-hydrogen) atoms. The smallest absolute Gasteiger partial charge is 0.246 e. The van der Waals surface area contributed by atoms with E-state index < -0.39 is 24.0 Å². The fourth-order valence-electron chi connectivity index (χ4n) is 8.19. The lowest BCUT2D eigenvalue weighted by Gasteiger charge is -2.55. The van der Waals surface area contributed by atoms with E-state index in [1.54, 1.807) is 4.90 Å². The largest absolute Gasteiger partial charge is 0.348 e. The van der Waals surface area contributed by atoms with E-state index in [2.05, 4.69) is 40.1 Å². The number of Topliss-reactive ketones (excluding diaryl/α,β-unsaturated/α-hetero) is 1. The number of carbonyl (C=O) groups excluding carboxylic acids is 2. The van der Waals surface area contributed by atoms with Gasteiger partial charge in [0.2, 0.25) is 5.91 Å². The highest BCUT2D eigenvalue weighted by Crippen LogP contribution is 2.48. The molecule has 0 radical (unpaired) electrons. The molecule has 3 saturated heterocycles. The van der Waals surface area contributed by atoms with Crippen molar-refractivity contribution in [2.24, 2.45) is 11.3 Å². The van der Waals surface area contributed by atoms with Gasteiger partial charge in [0.05, 0.1) is 42.8 Å². The molecule has 1 aromatic rings. The number of hydrogen-bond donors (Lipinski definition) is 2. The average molecular weight is 579 g/mol. The summed E-state index contributed by atoms with van der Waals surface area (Å²) in [6.45, 7) is 6.78. The number of likely N-dealkylation sites (tertiary alicyclic amines) is 1. The van der Waals surface area contributed by atoms with E-state index in [1.807, 2.05) is 24.3 Å². The van der Waals surface area contributed by atoms with Crippen molar-refractivity contribution in [1.29, 1.82) is 5.26 Å². The standard InChI is InChI=1S/C32H43FN6O3/c1-3-27(40)39-16-15-38(19-23(39)11-13-34)30-25-10-12-32(18-22-8-5-4-7-21(22)17-26(32)33)29(41)28(25)35-31(36-30)42-20-24-9-6-14-37(24)2/h3-5,7-8,23-26,28,30-31,35-36H,1,6,9-12,14-20H2,2H3. The van der Waals surface area contributed by atoms with Gasteiger partial charge in [0.15, 0.2) is 12.1 Å². The lowest BCUT2D eigenvalue weighted by Crippen LogP contribution is -2.75. The van der Waals surface area contributed by atoms with Gasteiger partial charge in [-0.15, -0.1) is 0 Å². The van der Waals surface area contributed by atoms with Gasteiger partial charge in [0.1, 0.15) is 6.17 Å². The highest BCUT2D eigenvalue weighted by atomic mass is 19.1. The van der Waals surface area contributed by atoms with Crippen LogP contribution in [-0.4, -0.2) is 103 Å². The molecule has 4 fully saturated rings. The van der Waals surface area contributed by atoms with Gasteiger partial charge in [-0.2, -0.15) is 5.26 Å². The Morgan fingerprint density at radius 3 is 2.76 bits per heavy atom. The van der Waals surface area contributed by atoms with Crippen LogP contribution in [0.3, 0.4) is 0 Å². The first-order chi connectivity index (χ1) is 20.3. The third-order valence-corrected chi connectivity index (χ3v) is 10.6. The van der Waals surface area contributed by atoms with Gasteiger partial charge in [-0.1, -0.05) is 30.8 Å². The molecule has 226 valence electrons. The third-order valence-electron chi connectivity index (χ3n) is 10.6. The Hall–Kier alpha value is -2.68. The van der Waals surface area contributed by atoms with Crippen molar-refractivity contribution in [2.75, 3.05) is 39.8 Å². The minimum absolute atomic E-state index is 0.0483. The lowest BCUT2D eigenvalue weighted by atomic mass is 9.58. The Morgan fingerprint density at radius 2 is 2.02 bits per heavy atom. The summed E-state index contributed by atoms with van der Waals surface area (Å²) in [6, 6.07) is 9.64. The third kappa shape index (κ3) is 5.31.